The van der Waals surface area contributed by atoms with E-state index in [1.807, 2.05) is 48.5 Å². The Morgan fingerprint density at radius 1 is 1.08 bits per heavy atom. The first kappa shape index (κ1) is 16.2. The summed E-state index contributed by atoms with van der Waals surface area (Å²) in [7, 11) is 0. The summed E-state index contributed by atoms with van der Waals surface area (Å²) in [4.78, 5) is 12.2. The molecule has 4 nitrogen and oxygen atoms in total. The van der Waals surface area contributed by atoms with E-state index in [-0.39, 0.29) is 12.5 Å². The SMILES string of the molecule is CC(C)CCNC(=O)Cn1nc(-c2ccccc2)c2ccccc21. The first-order valence-electron chi connectivity index (χ1n) is 8.43. The number of carbonyl (C=O) groups is 1. The van der Waals surface area contributed by atoms with Crippen molar-refractivity contribution >= 4 is 16.8 Å². The van der Waals surface area contributed by atoms with E-state index in [4.69, 9.17) is 5.10 Å². The van der Waals surface area contributed by atoms with Gasteiger partial charge in [0.2, 0.25) is 5.91 Å². The molecular formula is C20H23N3O. The lowest BCUT2D eigenvalue weighted by Crippen LogP contribution is -2.29. The van der Waals surface area contributed by atoms with Crippen LogP contribution in [-0.2, 0) is 11.3 Å². The van der Waals surface area contributed by atoms with Crippen molar-refractivity contribution < 1.29 is 4.79 Å². The number of para-hydroxylation sites is 1. The Morgan fingerprint density at radius 2 is 1.79 bits per heavy atom. The van der Waals surface area contributed by atoms with Crippen molar-refractivity contribution in [3.63, 3.8) is 0 Å². The largest absolute Gasteiger partial charge is 0.354 e. The molecule has 0 unspecified atom stereocenters. The zero-order valence-electron chi connectivity index (χ0n) is 14.2. The Balaban J connectivity index is 1.85. The van der Waals surface area contributed by atoms with Crippen LogP contribution in [0, 0.1) is 5.92 Å². The highest BCUT2D eigenvalue weighted by molar-refractivity contribution is 5.94. The smallest absolute Gasteiger partial charge is 0.241 e. The molecule has 0 aliphatic carbocycles. The molecule has 0 atom stereocenters. The molecule has 1 amide bonds. The van der Waals surface area contributed by atoms with Gasteiger partial charge in [-0.3, -0.25) is 9.48 Å². The Kier molecular flexibility index (Phi) is 4.94. The molecule has 0 radical (unpaired) electrons. The third kappa shape index (κ3) is 3.65. The molecule has 0 bridgehead atoms. The zero-order chi connectivity index (χ0) is 16.9. The normalized spacial score (nSPS) is 11.1. The fourth-order valence-electron chi connectivity index (χ4n) is 2.75. The monoisotopic (exact) mass is 321 g/mol. The van der Waals surface area contributed by atoms with Gasteiger partial charge in [0.1, 0.15) is 12.2 Å². The number of nitrogens with zero attached hydrogens (tertiary/aromatic N) is 2. The molecule has 1 aromatic heterocycles. The molecule has 0 saturated carbocycles. The molecule has 0 fully saturated rings. The second kappa shape index (κ2) is 7.30. The lowest BCUT2D eigenvalue weighted by atomic mass is 10.1. The third-order valence-corrected chi connectivity index (χ3v) is 4.04. The van der Waals surface area contributed by atoms with Crippen molar-refractivity contribution in [2.45, 2.75) is 26.8 Å². The van der Waals surface area contributed by atoms with Crippen LogP contribution in [0.25, 0.3) is 22.2 Å². The van der Waals surface area contributed by atoms with Crippen LogP contribution >= 0.6 is 0 Å². The summed E-state index contributed by atoms with van der Waals surface area (Å²) in [6, 6.07) is 18.1. The first-order valence-corrected chi connectivity index (χ1v) is 8.43. The summed E-state index contributed by atoms with van der Waals surface area (Å²) in [5, 5.41) is 8.74. The van der Waals surface area contributed by atoms with Crippen LogP contribution in [-0.4, -0.2) is 22.2 Å². The molecular weight excluding hydrogens is 298 g/mol. The van der Waals surface area contributed by atoms with E-state index in [1.54, 1.807) is 4.68 Å². The van der Waals surface area contributed by atoms with E-state index in [2.05, 4.69) is 25.2 Å². The van der Waals surface area contributed by atoms with Crippen LogP contribution in [0.4, 0.5) is 0 Å². The predicted octanol–water partition coefficient (Wildman–Crippen LogP) is 3.87. The fourth-order valence-corrected chi connectivity index (χ4v) is 2.75. The molecule has 2 aromatic carbocycles. The summed E-state index contributed by atoms with van der Waals surface area (Å²) >= 11 is 0. The number of aromatic nitrogens is 2. The Labute approximate surface area is 142 Å². The average Bonchev–Trinajstić information content (AvgIpc) is 2.94. The zero-order valence-corrected chi connectivity index (χ0v) is 14.2. The summed E-state index contributed by atoms with van der Waals surface area (Å²) in [5.74, 6) is 0.587. The lowest BCUT2D eigenvalue weighted by molar-refractivity contribution is -0.121. The molecule has 0 spiro atoms. The van der Waals surface area contributed by atoms with Gasteiger partial charge in [-0.25, -0.2) is 0 Å². The van der Waals surface area contributed by atoms with E-state index in [0.29, 0.717) is 12.5 Å². The second-order valence-electron chi connectivity index (χ2n) is 6.42. The number of nitrogens with one attached hydrogen (secondary N) is 1. The highest BCUT2D eigenvalue weighted by Crippen LogP contribution is 2.27. The van der Waals surface area contributed by atoms with Crippen LogP contribution in [0.5, 0.6) is 0 Å². The standard InChI is InChI=1S/C20H23N3O/c1-15(2)12-13-21-19(24)14-23-18-11-7-6-10-17(18)20(22-23)16-8-4-3-5-9-16/h3-11,15H,12-14H2,1-2H3,(H,21,24). The third-order valence-electron chi connectivity index (χ3n) is 4.04. The maximum absolute atomic E-state index is 12.2. The minimum Gasteiger partial charge on any atom is -0.354 e. The Hall–Kier alpha value is -2.62. The van der Waals surface area contributed by atoms with Gasteiger partial charge in [0.25, 0.3) is 0 Å². The van der Waals surface area contributed by atoms with Gasteiger partial charge in [0.05, 0.1) is 5.52 Å². The molecule has 24 heavy (non-hydrogen) atoms. The van der Waals surface area contributed by atoms with Crippen molar-refractivity contribution in [2.24, 2.45) is 5.92 Å². The van der Waals surface area contributed by atoms with Crippen molar-refractivity contribution in [1.82, 2.24) is 15.1 Å². The molecule has 4 heteroatoms. The van der Waals surface area contributed by atoms with Gasteiger partial charge in [-0.15, -0.1) is 0 Å². The quantitative estimate of drug-likeness (QED) is 0.749. The minimum atomic E-state index is 0.00325. The lowest BCUT2D eigenvalue weighted by Gasteiger charge is -2.07. The second-order valence-corrected chi connectivity index (χ2v) is 6.42. The predicted molar refractivity (Wildman–Crippen MR) is 97.6 cm³/mol. The van der Waals surface area contributed by atoms with Crippen LogP contribution in [0.2, 0.25) is 0 Å². The topological polar surface area (TPSA) is 46.9 Å². The van der Waals surface area contributed by atoms with Crippen molar-refractivity contribution in [1.29, 1.82) is 0 Å². The molecule has 0 aliphatic rings. The van der Waals surface area contributed by atoms with Crippen LogP contribution in [0.15, 0.2) is 54.6 Å². The molecule has 1 N–H and O–H groups in total. The van der Waals surface area contributed by atoms with Crippen LogP contribution in [0.3, 0.4) is 0 Å². The minimum absolute atomic E-state index is 0.00325. The number of amides is 1. The van der Waals surface area contributed by atoms with Gasteiger partial charge in [0, 0.05) is 17.5 Å². The molecule has 3 aromatic rings. The van der Waals surface area contributed by atoms with Gasteiger partial charge in [-0.05, 0) is 18.4 Å². The van der Waals surface area contributed by atoms with Gasteiger partial charge >= 0.3 is 0 Å². The number of hydrogen-bond donors (Lipinski definition) is 1. The van der Waals surface area contributed by atoms with E-state index in [9.17, 15) is 4.79 Å². The summed E-state index contributed by atoms with van der Waals surface area (Å²) in [6.45, 7) is 5.26. The van der Waals surface area contributed by atoms with Gasteiger partial charge in [-0.1, -0.05) is 62.4 Å². The Morgan fingerprint density at radius 3 is 2.54 bits per heavy atom. The molecule has 1 heterocycles. The maximum Gasteiger partial charge on any atom is 0.241 e. The number of hydrogen-bond acceptors (Lipinski definition) is 2. The number of fused-ring (bicyclic) bond motifs is 1. The average molecular weight is 321 g/mol. The van der Waals surface area contributed by atoms with Crippen LogP contribution in [0.1, 0.15) is 20.3 Å². The van der Waals surface area contributed by atoms with Crippen LogP contribution < -0.4 is 5.32 Å². The van der Waals surface area contributed by atoms with Crippen molar-refractivity contribution in [2.75, 3.05) is 6.54 Å². The highest BCUT2D eigenvalue weighted by atomic mass is 16.2. The Bertz CT molecular complexity index is 821. The van der Waals surface area contributed by atoms with Gasteiger partial charge in [-0.2, -0.15) is 5.10 Å². The maximum atomic E-state index is 12.2. The highest BCUT2D eigenvalue weighted by Gasteiger charge is 2.13. The number of benzene rings is 2. The number of carbonyl (C=O) groups excluding carboxylic acids is 1. The van der Waals surface area contributed by atoms with E-state index >= 15 is 0 Å². The molecule has 3 rings (SSSR count). The summed E-state index contributed by atoms with van der Waals surface area (Å²) in [5.41, 5.74) is 2.96. The van der Waals surface area contributed by atoms with Gasteiger partial charge < -0.3 is 5.32 Å². The first-order chi connectivity index (χ1) is 11.6. The molecule has 124 valence electrons. The molecule has 0 aliphatic heterocycles. The van der Waals surface area contributed by atoms with Crippen molar-refractivity contribution in [3.05, 3.63) is 54.6 Å². The van der Waals surface area contributed by atoms with Crippen molar-refractivity contribution in [3.8, 4) is 11.3 Å². The van der Waals surface area contributed by atoms with E-state index in [0.717, 1.165) is 28.6 Å². The number of rotatable bonds is 6. The van der Waals surface area contributed by atoms with E-state index < -0.39 is 0 Å². The van der Waals surface area contributed by atoms with Gasteiger partial charge in [0.15, 0.2) is 0 Å². The summed E-state index contributed by atoms with van der Waals surface area (Å²) < 4.78 is 1.79. The fraction of sp³-hybridized carbons (Fsp3) is 0.300. The molecule has 0 saturated heterocycles. The summed E-state index contributed by atoms with van der Waals surface area (Å²) in [6.07, 6.45) is 0.987. The van der Waals surface area contributed by atoms with E-state index in [1.165, 1.54) is 0 Å².